The van der Waals surface area contributed by atoms with Gasteiger partial charge in [0.2, 0.25) is 0 Å². The number of hydrogen-bond acceptors (Lipinski definition) is 1. The van der Waals surface area contributed by atoms with Gasteiger partial charge >= 0.3 is 5.97 Å². The maximum atomic E-state index is 10.7. The molecule has 0 saturated carbocycles. The Bertz CT molecular complexity index is 688. The summed E-state index contributed by atoms with van der Waals surface area (Å²) in [6.07, 6.45) is 4.37. The van der Waals surface area contributed by atoms with Crippen LogP contribution in [0, 0.1) is 5.92 Å². The zero-order valence-electron chi connectivity index (χ0n) is 13.0. The van der Waals surface area contributed by atoms with Gasteiger partial charge in [-0.3, -0.25) is 4.79 Å². The molecule has 0 aliphatic heterocycles. The zero-order valence-corrected chi connectivity index (χ0v) is 13.0. The van der Waals surface area contributed by atoms with E-state index in [1.807, 2.05) is 6.92 Å². The van der Waals surface area contributed by atoms with E-state index in [-0.39, 0.29) is 12.3 Å². The Morgan fingerprint density at radius 1 is 1.09 bits per heavy atom. The van der Waals surface area contributed by atoms with Crippen molar-refractivity contribution < 1.29 is 9.90 Å². The molecule has 0 amide bonds. The van der Waals surface area contributed by atoms with Gasteiger partial charge in [0.25, 0.3) is 0 Å². The Balaban J connectivity index is 1.74. The van der Waals surface area contributed by atoms with Crippen LogP contribution in [0.15, 0.2) is 42.5 Å². The molecular formula is C20H22O2. The van der Waals surface area contributed by atoms with E-state index in [9.17, 15) is 4.79 Å². The molecule has 3 rings (SSSR count). The molecule has 0 fully saturated rings. The highest BCUT2D eigenvalue weighted by atomic mass is 16.4. The number of aliphatic carboxylic acids is 1. The van der Waals surface area contributed by atoms with E-state index in [1.54, 1.807) is 0 Å². The molecule has 2 aromatic carbocycles. The average Bonchev–Trinajstić information content (AvgIpc) is 2.52. The SMILES string of the molecule is C[C@@H](CCc1ccc2c(c1)CCc1ccccc1-2)CC(=O)O. The minimum absolute atomic E-state index is 0.231. The third-order valence-electron chi connectivity index (χ3n) is 4.59. The molecule has 2 nitrogen and oxygen atoms in total. The van der Waals surface area contributed by atoms with Crippen molar-refractivity contribution in [3.05, 3.63) is 59.2 Å². The minimum atomic E-state index is -0.699. The van der Waals surface area contributed by atoms with Gasteiger partial charge in [0, 0.05) is 6.42 Å². The molecule has 0 unspecified atom stereocenters. The first kappa shape index (κ1) is 14.8. The molecule has 0 spiro atoms. The van der Waals surface area contributed by atoms with Crippen LogP contribution in [0.1, 0.15) is 36.5 Å². The van der Waals surface area contributed by atoms with Crippen LogP contribution in [0.5, 0.6) is 0 Å². The lowest BCUT2D eigenvalue weighted by Crippen LogP contribution is -2.07. The summed E-state index contributed by atoms with van der Waals surface area (Å²) in [4.78, 5) is 10.7. The van der Waals surface area contributed by atoms with E-state index in [1.165, 1.54) is 27.8 Å². The first-order valence-electron chi connectivity index (χ1n) is 8.05. The van der Waals surface area contributed by atoms with E-state index >= 15 is 0 Å². The van der Waals surface area contributed by atoms with Crippen molar-refractivity contribution in [1.29, 1.82) is 0 Å². The highest BCUT2D eigenvalue weighted by Crippen LogP contribution is 2.34. The van der Waals surface area contributed by atoms with Crippen molar-refractivity contribution in [2.45, 2.75) is 39.0 Å². The van der Waals surface area contributed by atoms with Gasteiger partial charge < -0.3 is 5.11 Å². The van der Waals surface area contributed by atoms with Crippen LogP contribution in [-0.4, -0.2) is 11.1 Å². The van der Waals surface area contributed by atoms with Crippen molar-refractivity contribution in [1.82, 2.24) is 0 Å². The molecule has 114 valence electrons. The molecule has 0 heterocycles. The van der Waals surface area contributed by atoms with Gasteiger partial charge in [0.15, 0.2) is 0 Å². The second kappa shape index (κ2) is 6.35. The van der Waals surface area contributed by atoms with Gasteiger partial charge in [-0.1, -0.05) is 49.4 Å². The number of carboxylic acid groups (broad SMARTS) is 1. The summed E-state index contributed by atoms with van der Waals surface area (Å²) >= 11 is 0. The molecule has 1 aliphatic rings. The summed E-state index contributed by atoms with van der Waals surface area (Å²) in [5.74, 6) is -0.469. The Kier molecular flexibility index (Phi) is 4.28. The van der Waals surface area contributed by atoms with Crippen molar-refractivity contribution in [2.75, 3.05) is 0 Å². The molecule has 2 heteroatoms. The number of benzene rings is 2. The fourth-order valence-corrected chi connectivity index (χ4v) is 3.36. The number of rotatable bonds is 5. The molecule has 22 heavy (non-hydrogen) atoms. The summed E-state index contributed by atoms with van der Waals surface area (Å²) in [7, 11) is 0. The van der Waals surface area contributed by atoms with E-state index in [2.05, 4.69) is 42.5 Å². The van der Waals surface area contributed by atoms with Crippen LogP contribution in [0.4, 0.5) is 0 Å². The zero-order chi connectivity index (χ0) is 15.5. The first-order chi connectivity index (χ1) is 10.6. The molecule has 1 atom stereocenters. The van der Waals surface area contributed by atoms with E-state index in [0.717, 1.165) is 25.7 Å². The van der Waals surface area contributed by atoms with Gasteiger partial charge in [0.1, 0.15) is 0 Å². The molecule has 0 saturated heterocycles. The maximum absolute atomic E-state index is 10.7. The minimum Gasteiger partial charge on any atom is -0.481 e. The fraction of sp³-hybridized carbons (Fsp3) is 0.350. The Morgan fingerprint density at radius 2 is 1.82 bits per heavy atom. The summed E-state index contributed by atoms with van der Waals surface area (Å²) in [5.41, 5.74) is 6.94. The second-order valence-corrected chi connectivity index (χ2v) is 6.39. The normalized spacial score (nSPS) is 14.0. The molecule has 1 aliphatic carbocycles. The summed E-state index contributed by atoms with van der Waals surface area (Å²) < 4.78 is 0. The number of carboxylic acids is 1. The Labute approximate surface area is 131 Å². The number of hydrogen-bond donors (Lipinski definition) is 1. The van der Waals surface area contributed by atoms with Crippen molar-refractivity contribution >= 4 is 5.97 Å². The maximum Gasteiger partial charge on any atom is 0.303 e. The summed E-state index contributed by atoms with van der Waals surface area (Å²) in [6, 6.07) is 15.4. The van der Waals surface area contributed by atoms with E-state index < -0.39 is 5.97 Å². The van der Waals surface area contributed by atoms with Crippen molar-refractivity contribution in [3.8, 4) is 11.1 Å². The van der Waals surface area contributed by atoms with Gasteiger partial charge in [-0.25, -0.2) is 0 Å². The second-order valence-electron chi connectivity index (χ2n) is 6.39. The van der Waals surface area contributed by atoms with Crippen LogP contribution < -0.4 is 0 Å². The molecule has 0 bridgehead atoms. The van der Waals surface area contributed by atoms with Crippen molar-refractivity contribution in [3.63, 3.8) is 0 Å². The van der Waals surface area contributed by atoms with Crippen LogP contribution in [0.25, 0.3) is 11.1 Å². The van der Waals surface area contributed by atoms with Gasteiger partial charge in [-0.05, 0) is 59.4 Å². The molecule has 1 N–H and O–H groups in total. The quantitative estimate of drug-likeness (QED) is 0.881. The molecular weight excluding hydrogens is 272 g/mol. The highest BCUT2D eigenvalue weighted by Gasteiger charge is 2.16. The van der Waals surface area contributed by atoms with Crippen LogP contribution in [0.2, 0.25) is 0 Å². The van der Waals surface area contributed by atoms with Crippen LogP contribution in [-0.2, 0) is 24.1 Å². The standard InChI is InChI=1S/C20H22O2/c1-14(12-20(21)22)6-7-15-8-11-19-17(13-15)10-9-16-4-2-3-5-18(16)19/h2-5,8,11,13-14H,6-7,9-10,12H2,1H3,(H,21,22)/t14-/m0/s1. The first-order valence-corrected chi connectivity index (χ1v) is 8.05. The third-order valence-corrected chi connectivity index (χ3v) is 4.59. The van der Waals surface area contributed by atoms with Gasteiger partial charge in [0.05, 0.1) is 0 Å². The van der Waals surface area contributed by atoms with E-state index in [4.69, 9.17) is 5.11 Å². The van der Waals surface area contributed by atoms with Crippen LogP contribution in [0.3, 0.4) is 0 Å². The lowest BCUT2D eigenvalue weighted by molar-refractivity contribution is -0.138. The fourth-order valence-electron chi connectivity index (χ4n) is 3.36. The number of aryl methyl sites for hydroxylation is 3. The van der Waals surface area contributed by atoms with Crippen molar-refractivity contribution in [2.24, 2.45) is 5.92 Å². The van der Waals surface area contributed by atoms with E-state index in [0.29, 0.717) is 0 Å². The molecule has 0 radical (unpaired) electrons. The van der Waals surface area contributed by atoms with Crippen LogP contribution >= 0.6 is 0 Å². The highest BCUT2D eigenvalue weighted by molar-refractivity contribution is 5.73. The van der Waals surface area contributed by atoms with Gasteiger partial charge in [-0.15, -0.1) is 0 Å². The lowest BCUT2D eigenvalue weighted by Gasteiger charge is -2.20. The third kappa shape index (κ3) is 3.22. The smallest absolute Gasteiger partial charge is 0.303 e. The monoisotopic (exact) mass is 294 g/mol. The number of fused-ring (bicyclic) bond motifs is 3. The lowest BCUT2D eigenvalue weighted by atomic mass is 9.84. The molecule has 2 aromatic rings. The predicted molar refractivity (Wildman–Crippen MR) is 89.0 cm³/mol. The molecule has 0 aromatic heterocycles. The Morgan fingerprint density at radius 3 is 2.64 bits per heavy atom. The summed E-state index contributed by atoms with van der Waals surface area (Å²) in [6.45, 7) is 2.02. The number of carbonyl (C=O) groups is 1. The topological polar surface area (TPSA) is 37.3 Å². The van der Waals surface area contributed by atoms with Gasteiger partial charge in [-0.2, -0.15) is 0 Å². The largest absolute Gasteiger partial charge is 0.481 e. The average molecular weight is 294 g/mol. The summed E-state index contributed by atoms with van der Waals surface area (Å²) in [5, 5.41) is 8.83. The predicted octanol–water partition coefficient (Wildman–Crippen LogP) is 4.50. The Hall–Kier alpha value is -2.09.